The monoisotopic (exact) mass is 545 g/mol. The van der Waals surface area contributed by atoms with E-state index < -0.39 is 17.2 Å². The molecule has 3 heterocycles. The molecule has 1 aromatic carbocycles. The maximum absolute atomic E-state index is 14.7. The van der Waals surface area contributed by atoms with Crippen molar-refractivity contribution in [1.29, 1.82) is 0 Å². The summed E-state index contributed by atoms with van der Waals surface area (Å²) in [5, 5.41) is 17.9. The normalized spacial score (nSPS) is 10.9. The first-order valence-corrected chi connectivity index (χ1v) is 13.4. The predicted molar refractivity (Wildman–Crippen MR) is 151 cm³/mol. The van der Waals surface area contributed by atoms with Gasteiger partial charge in [0.05, 0.1) is 23.1 Å². The maximum Gasteiger partial charge on any atom is 0.153 e. The van der Waals surface area contributed by atoms with Crippen LogP contribution in [0.2, 0.25) is 0 Å². The number of thiophene rings is 1. The van der Waals surface area contributed by atoms with E-state index >= 15 is 0 Å². The molecular formula is C28H37F2N5O2S. The Morgan fingerprint density at radius 3 is 2.24 bits per heavy atom. The molecule has 0 fully saturated rings. The number of aldehydes is 1. The van der Waals surface area contributed by atoms with Gasteiger partial charge in [0.1, 0.15) is 16.6 Å². The quantitative estimate of drug-likeness (QED) is 0.209. The Morgan fingerprint density at radius 2 is 1.74 bits per heavy atom. The highest BCUT2D eigenvalue weighted by atomic mass is 32.1. The minimum atomic E-state index is -1.38. The number of carbonyl (C=O) groups is 1. The molecule has 4 aromatic rings. The molecular weight excluding hydrogens is 508 g/mol. The number of aromatic nitrogens is 3. The van der Waals surface area contributed by atoms with Crippen molar-refractivity contribution in [2.24, 2.45) is 5.73 Å². The summed E-state index contributed by atoms with van der Waals surface area (Å²) in [6.07, 6.45) is 7.29. The molecule has 4 rings (SSSR count). The number of imidazole rings is 1. The fraction of sp³-hybridized carbons (Fsp3) is 0.393. The van der Waals surface area contributed by atoms with Gasteiger partial charge in [-0.25, -0.2) is 18.3 Å². The van der Waals surface area contributed by atoms with Crippen LogP contribution < -0.4 is 11.1 Å². The van der Waals surface area contributed by atoms with E-state index in [0.717, 1.165) is 35.6 Å². The van der Waals surface area contributed by atoms with Gasteiger partial charge in [-0.1, -0.05) is 40.0 Å². The van der Waals surface area contributed by atoms with Crippen LogP contribution in [0.15, 0.2) is 36.5 Å². The fourth-order valence-electron chi connectivity index (χ4n) is 3.51. The van der Waals surface area contributed by atoms with Gasteiger partial charge < -0.3 is 16.2 Å². The van der Waals surface area contributed by atoms with Gasteiger partial charge in [0.25, 0.3) is 0 Å². The third-order valence-corrected chi connectivity index (χ3v) is 6.65. The van der Waals surface area contributed by atoms with E-state index in [1.54, 1.807) is 16.6 Å². The second kappa shape index (κ2) is 14.1. The lowest BCUT2D eigenvalue weighted by Crippen LogP contribution is -2.16. The van der Waals surface area contributed by atoms with Gasteiger partial charge in [-0.15, -0.1) is 16.4 Å². The minimum absolute atomic E-state index is 0.126. The van der Waals surface area contributed by atoms with Gasteiger partial charge in [0.2, 0.25) is 0 Å². The number of hydrogen-bond donors (Lipinski definition) is 3. The lowest BCUT2D eigenvalue weighted by atomic mass is 9.96. The van der Waals surface area contributed by atoms with Gasteiger partial charge in [0.15, 0.2) is 17.8 Å². The maximum atomic E-state index is 14.7. The lowest BCUT2D eigenvalue weighted by molar-refractivity contribution is 0.0779. The number of unbranched alkanes of at least 4 members (excludes halogenated alkanes) is 2. The number of halogens is 2. The van der Waals surface area contributed by atoms with Crippen molar-refractivity contribution in [3.63, 3.8) is 0 Å². The zero-order chi connectivity index (χ0) is 28.5. The molecule has 0 unspecified atom stereocenters. The van der Waals surface area contributed by atoms with Crippen LogP contribution in [-0.4, -0.2) is 33.0 Å². The van der Waals surface area contributed by atoms with E-state index in [2.05, 4.69) is 35.0 Å². The third kappa shape index (κ3) is 7.66. The second-order valence-corrected chi connectivity index (χ2v) is 10.0. The molecule has 0 aliphatic carbocycles. The summed E-state index contributed by atoms with van der Waals surface area (Å²) in [4.78, 5) is 16.3. The first-order chi connectivity index (χ1) is 18.1. The van der Waals surface area contributed by atoms with Gasteiger partial charge in [-0.3, -0.25) is 4.79 Å². The van der Waals surface area contributed by atoms with Crippen LogP contribution in [0.3, 0.4) is 0 Å². The van der Waals surface area contributed by atoms with Gasteiger partial charge in [0, 0.05) is 10.4 Å². The molecule has 0 amide bonds. The smallest absolute Gasteiger partial charge is 0.153 e. The zero-order valence-corrected chi connectivity index (χ0v) is 23.6. The molecule has 7 nitrogen and oxygen atoms in total. The number of fused-ring (bicyclic) bond motifs is 1. The Balaban J connectivity index is 0.000000651. The number of benzene rings is 1. The number of aryl methyl sites for hydroxylation is 1. The molecule has 0 atom stereocenters. The number of anilines is 2. The first-order valence-electron chi connectivity index (χ1n) is 12.6. The Morgan fingerprint density at radius 1 is 1.11 bits per heavy atom. The lowest BCUT2D eigenvalue weighted by Gasteiger charge is -2.18. The van der Waals surface area contributed by atoms with Gasteiger partial charge in [-0.05, 0) is 63.2 Å². The molecule has 4 N–H and O–H groups in total. The molecule has 0 aliphatic rings. The first kappa shape index (κ1) is 31.0. The molecule has 206 valence electrons. The molecule has 0 spiro atoms. The average molecular weight is 546 g/mol. The van der Waals surface area contributed by atoms with E-state index in [1.165, 1.54) is 46.2 Å². The fourth-order valence-corrected chi connectivity index (χ4v) is 4.60. The summed E-state index contributed by atoms with van der Waals surface area (Å²) in [5.74, 6) is -1.16. The van der Waals surface area contributed by atoms with Crippen molar-refractivity contribution in [2.75, 3.05) is 12.4 Å². The summed E-state index contributed by atoms with van der Waals surface area (Å²) in [5.41, 5.74) is 4.84. The van der Waals surface area contributed by atoms with Crippen LogP contribution in [0.4, 0.5) is 19.6 Å². The van der Waals surface area contributed by atoms with E-state index in [0.29, 0.717) is 22.8 Å². The Hall–Kier alpha value is -3.21. The Bertz CT molecular complexity index is 1320. The zero-order valence-electron chi connectivity index (χ0n) is 22.8. The van der Waals surface area contributed by atoms with Crippen molar-refractivity contribution in [3.8, 4) is 10.4 Å². The van der Waals surface area contributed by atoms with Crippen LogP contribution in [0.5, 0.6) is 0 Å². The average Bonchev–Trinajstić information content (AvgIpc) is 3.48. The van der Waals surface area contributed by atoms with Crippen LogP contribution in [-0.2, 0) is 12.0 Å². The molecule has 38 heavy (non-hydrogen) atoms. The van der Waals surface area contributed by atoms with E-state index in [4.69, 9.17) is 0 Å². The van der Waals surface area contributed by atoms with Crippen molar-refractivity contribution in [1.82, 2.24) is 14.6 Å². The van der Waals surface area contributed by atoms with Crippen molar-refractivity contribution in [2.45, 2.75) is 65.9 Å². The summed E-state index contributed by atoms with van der Waals surface area (Å²) in [6, 6.07) is 7.14. The number of hydrogen-bond acceptors (Lipinski definition) is 7. The van der Waals surface area contributed by atoms with Gasteiger partial charge >= 0.3 is 0 Å². The third-order valence-electron chi connectivity index (χ3n) is 5.56. The summed E-state index contributed by atoms with van der Waals surface area (Å²) < 4.78 is 31.1. The molecule has 0 radical (unpaired) electrons. The summed E-state index contributed by atoms with van der Waals surface area (Å²) >= 11 is 1.04. The van der Waals surface area contributed by atoms with Crippen molar-refractivity contribution in [3.05, 3.63) is 65.0 Å². The molecule has 0 saturated carbocycles. The standard InChI is InChI=1S/C22H20F2N4O2S.C5H12.CH5N/c1-4-14-10-28-19(25-14)6-5-18(27-28)26-21-12(11-29)7-17(31-21)20-15(23)8-13(9-16(20)24)22(2,3)30;1-3-5-4-2;1-2/h5-11,30H,4H2,1-3H3,(H,26,27);3-5H2,1-2H3;2H2,1H3. The van der Waals surface area contributed by atoms with Crippen LogP contribution in [0.25, 0.3) is 16.1 Å². The minimum Gasteiger partial charge on any atom is -0.386 e. The number of aliphatic hydroxyl groups is 1. The molecule has 3 aromatic heterocycles. The largest absolute Gasteiger partial charge is 0.386 e. The molecule has 0 bridgehead atoms. The van der Waals surface area contributed by atoms with Crippen LogP contribution in [0.1, 0.15) is 75.5 Å². The van der Waals surface area contributed by atoms with Crippen molar-refractivity contribution < 1.29 is 18.7 Å². The van der Waals surface area contributed by atoms with Crippen molar-refractivity contribution >= 4 is 34.1 Å². The number of rotatable bonds is 8. The van der Waals surface area contributed by atoms with E-state index in [9.17, 15) is 18.7 Å². The highest BCUT2D eigenvalue weighted by Gasteiger charge is 2.23. The Kier molecular flexibility index (Phi) is 11.5. The summed E-state index contributed by atoms with van der Waals surface area (Å²) in [6.45, 7) is 9.32. The highest BCUT2D eigenvalue weighted by Crippen LogP contribution is 2.39. The molecule has 10 heteroatoms. The predicted octanol–water partition coefficient (Wildman–Crippen LogP) is 6.85. The number of nitrogens with one attached hydrogen (secondary N) is 1. The topological polar surface area (TPSA) is 106 Å². The van der Waals surface area contributed by atoms with E-state index in [-0.39, 0.29) is 21.6 Å². The Labute approximate surface area is 226 Å². The van der Waals surface area contributed by atoms with Gasteiger partial charge in [-0.2, -0.15) is 0 Å². The number of nitrogens with zero attached hydrogens (tertiary/aromatic N) is 3. The van der Waals surface area contributed by atoms with Crippen LogP contribution in [0, 0.1) is 11.6 Å². The molecule has 0 aliphatic heterocycles. The van der Waals surface area contributed by atoms with Crippen LogP contribution >= 0.6 is 11.3 Å². The molecule has 0 saturated heterocycles. The SMILES string of the molecule is CCCCC.CCc1cn2nc(Nc3sc(-c4c(F)cc(C(C)(C)O)cc4F)cc3C=O)ccc2n1.CN. The number of carbonyl (C=O) groups excluding carboxylic acids is 1. The highest BCUT2D eigenvalue weighted by molar-refractivity contribution is 7.19. The second-order valence-electron chi connectivity index (χ2n) is 8.97. The van der Waals surface area contributed by atoms with E-state index in [1.807, 2.05) is 13.1 Å². The summed E-state index contributed by atoms with van der Waals surface area (Å²) in [7, 11) is 1.50. The number of nitrogens with two attached hydrogens (primary N) is 1.